The van der Waals surface area contributed by atoms with Gasteiger partial charge in [0.2, 0.25) is 0 Å². The summed E-state index contributed by atoms with van der Waals surface area (Å²) in [4.78, 5) is 3.92. The van der Waals surface area contributed by atoms with E-state index >= 15 is 0 Å². The quantitative estimate of drug-likeness (QED) is 0.582. The number of hydrogen-bond donors (Lipinski definition) is 0. The zero-order chi connectivity index (χ0) is 15.4. The number of rotatable bonds is 0. The van der Waals surface area contributed by atoms with Gasteiger partial charge >= 0.3 is 6.18 Å². The van der Waals surface area contributed by atoms with Gasteiger partial charge in [-0.25, -0.2) is 4.98 Å². The van der Waals surface area contributed by atoms with Crippen LogP contribution >= 0.6 is 11.6 Å². The van der Waals surface area contributed by atoms with Crippen molar-refractivity contribution >= 4 is 33.4 Å². The highest BCUT2D eigenvalue weighted by Gasteiger charge is 2.31. The molecule has 0 spiro atoms. The number of fused-ring (bicyclic) bond motifs is 3. The van der Waals surface area contributed by atoms with Crippen LogP contribution in [0.2, 0.25) is 5.15 Å². The molecule has 0 aliphatic carbocycles. The zero-order valence-electron chi connectivity index (χ0n) is 10.7. The van der Waals surface area contributed by atoms with Crippen LogP contribution in [0.3, 0.4) is 0 Å². The predicted molar refractivity (Wildman–Crippen MR) is 72.9 cm³/mol. The van der Waals surface area contributed by atoms with Crippen molar-refractivity contribution in [3.05, 3.63) is 40.7 Å². The number of benzene rings is 1. The van der Waals surface area contributed by atoms with Crippen LogP contribution in [0, 0.1) is 11.3 Å². The first-order valence-corrected chi connectivity index (χ1v) is 6.26. The lowest BCUT2D eigenvalue weighted by Gasteiger charge is -2.07. The van der Waals surface area contributed by atoms with Crippen LogP contribution < -0.4 is 0 Å². The Kier molecular flexibility index (Phi) is 2.85. The van der Waals surface area contributed by atoms with E-state index < -0.39 is 11.7 Å². The van der Waals surface area contributed by atoms with Crippen LogP contribution in [-0.4, -0.2) is 9.55 Å². The minimum absolute atomic E-state index is 0.161. The molecule has 7 heteroatoms. The highest BCUT2D eigenvalue weighted by Crippen LogP contribution is 2.37. The second kappa shape index (κ2) is 4.37. The third kappa shape index (κ3) is 1.93. The molecule has 0 N–H and O–H groups in total. The lowest BCUT2D eigenvalue weighted by atomic mass is 10.1. The van der Waals surface area contributed by atoms with Gasteiger partial charge in [-0.1, -0.05) is 17.7 Å². The Morgan fingerprint density at radius 3 is 2.67 bits per heavy atom. The molecule has 0 unspecified atom stereocenters. The maximum Gasteiger partial charge on any atom is 0.416 e. The minimum Gasteiger partial charge on any atom is -0.342 e. The number of halogens is 4. The van der Waals surface area contributed by atoms with Gasteiger partial charge in [0.05, 0.1) is 16.6 Å². The standard InChI is InChI=1S/C14H7ClF3N3/c1-21-10-4-8(14(16,17)18)2-3-9(10)11-12(21)7(5-19)6-20-13(11)15/h2-4,6H,1H3. The number of alkyl halides is 3. The molecular weight excluding hydrogens is 303 g/mol. The summed E-state index contributed by atoms with van der Waals surface area (Å²) in [6.45, 7) is 0. The van der Waals surface area contributed by atoms with Gasteiger partial charge in [0.25, 0.3) is 0 Å². The van der Waals surface area contributed by atoms with E-state index in [1.165, 1.54) is 16.8 Å². The lowest BCUT2D eigenvalue weighted by Crippen LogP contribution is -2.04. The molecule has 0 aliphatic heterocycles. The molecule has 106 valence electrons. The highest BCUT2D eigenvalue weighted by atomic mass is 35.5. The number of hydrogen-bond acceptors (Lipinski definition) is 2. The Hall–Kier alpha value is -2.26. The van der Waals surface area contributed by atoms with Crippen LogP contribution in [0.15, 0.2) is 24.4 Å². The molecule has 0 aliphatic rings. The van der Waals surface area contributed by atoms with Gasteiger partial charge < -0.3 is 4.57 Å². The summed E-state index contributed by atoms with van der Waals surface area (Å²) in [5, 5.41) is 10.3. The molecule has 0 fully saturated rings. The van der Waals surface area contributed by atoms with Crippen molar-refractivity contribution in [2.24, 2.45) is 7.05 Å². The van der Waals surface area contributed by atoms with E-state index in [0.29, 0.717) is 21.8 Å². The van der Waals surface area contributed by atoms with Gasteiger partial charge in [0, 0.05) is 29.5 Å². The average molecular weight is 310 g/mol. The molecule has 3 rings (SSSR count). The summed E-state index contributed by atoms with van der Waals surface area (Å²) in [6.07, 6.45) is -3.11. The Morgan fingerprint density at radius 2 is 2.05 bits per heavy atom. The maximum absolute atomic E-state index is 12.8. The predicted octanol–water partition coefficient (Wildman–Crippen LogP) is 4.27. The van der Waals surface area contributed by atoms with Crippen LogP contribution in [0.1, 0.15) is 11.1 Å². The zero-order valence-corrected chi connectivity index (χ0v) is 11.4. The summed E-state index contributed by atoms with van der Waals surface area (Å²) in [7, 11) is 1.60. The van der Waals surface area contributed by atoms with Gasteiger partial charge in [0.1, 0.15) is 11.2 Å². The molecule has 1 aromatic carbocycles. The molecule has 2 aromatic heterocycles. The van der Waals surface area contributed by atoms with Gasteiger partial charge in [-0.3, -0.25) is 0 Å². The molecule has 2 heterocycles. The van der Waals surface area contributed by atoms with Gasteiger partial charge in [0.15, 0.2) is 0 Å². The second-order valence-corrected chi connectivity index (χ2v) is 4.94. The van der Waals surface area contributed by atoms with E-state index in [9.17, 15) is 13.2 Å². The van der Waals surface area contributed by atoms with Crippen molar-refractivity contribution < 1.29 is 13.2 Å². The fourth-order valence-corrected chi connectivity index (χ4v) is 2.71. The maximum atomic E-state index is 12.8. The van der Waals surface area contributed by atoms with Crippen LogP contribution in [0.4, 0.5) is 13.2 Å². The van der Waals surface area contributed by atoms with Crippen LogP contribution in [-0.2, 0) is 13.2 Å². The first-order valence-electron chi connectivity index (χ1n) is 5.88. The largest absolute Gasteiger partial charge is 0.416 e. The van der Waals surface area contributed by atoms with Crippen molar-refractivity contribution in [1.29, 1.82) is 5.26 Å². The minimum atomic E-state index is -4.43. The van der Waals surface area contributed by atoms with Gasteiger partial charge in [-0.05, 0) is 12.1 Å². The first kappa shape index (κ1) is 13.7. The Balaban J connectivity index is 2.52. The van der Waals surface area contributed by atoms with Crippen molar-refractivity contribution in [1.82, 2.24) is 9.55 Å². The molecule has 0 amide bonds. The van der Waals surface area contributed by atoms with E-state index in [-0.39, 0.29) is 10.7 Å². The van der Waals surface area contributed by atoms with E-state index in [0.717, 1.165) is 12.1 Å². The number of aryl methyl sites for hydroxylation is 1. The van der Waals surface area contributed by atoms with Crippen molar-refractivity contribution in [3.63, 3.8) is 0 Å². The summed E-state index contributed by atoms with van der Waals surface area (Å²) in [5.41, 5.74) is 0.350. The molecule has 21 heavy (non-hydrogen) atoms. The number of aromatic nitrogens is 2. The Bertz CT molecular complexity index is 919. The molecule has 0 bridgehead atoms. The number of nitrogens with zero attached hydrogens (tertiary/aromatic N) is 3. The topological polar surface area (TPSA) is 41.6 Å². The second-order valence-electron chi connectivity index (χ2n) is 4.59. The fourth-order valence-electron chi connectivity index (χ4n) is 2.47. The van der Waals surface area contributed by atoms with Gasteiger partial charge in [-0.15, -0.1) is 0 Å². The van der Waals surface area contributed by atoms with Gasteiger partial charge in [-0.2, -0.15) is 18.4 Å². The van der Waals surface area contributed by atoms with Crippen molar-refractivity contribution in [2.45, 2.75) is 6.18 Å². The normalized spacial score (nSPS) is 12.0. The SMILES string of the molecule is Cn1c2cc(C(F)(F)F)ccc2c2c(Cl)ncc(C#N)c21. The first-order chi connectivity index (χ1) is 9.84. The summed E-state index contributed by atoms with van der Waals surface area (Å²) < 4.78 is 40.0. The fraction of sp³-hybridized carbons (Fsp3) is 0.143. The number of pyridine rings is 1. The van der Waals surface area contributed by atoms with Crippen molar-refractivity contribution in [3.8, 4) is 6.07 Å². The summed E-state index contributed by atoms with van der Waals surface area (Å²) >= 11 is 6.05. The monoisotopic (exact) mass is 309 g/mol. The van der Waals surface area contributed by atoms with E-state index in [4.69, 9.17) is 16.9 Å². The molecular formula is C14H7ClF3N3. The van der Waals surface area contributed by atoms with Crippen LogP contribution in [0.5, 0.6) is 0 Å². The van der Waals surface area contributed by atoms with E-state index in [1.54, 1.807) is 7.05 Å². The molecule has 3 aromatic rings. The molecule has 3 nitrogen and oxygen atoms in total. The highest BCUT2D eigenvalue weighted by molar-refractivity contribution is 6.37. The van der Waals surface area contributed by atoms with E-state index in [1.807, 2.05) is 6.07 Å². The lowest BCUT2D eigenvalue weighted by molar-refractivity contribution is -0.137. The molecule has 0 saturated heterocycles. The Morgan fingerprint density at radius 1 is 1.33 bits per heavy atom. The summed E-state index contributed by atoms with van der Waals surface area (Å²) in [6, 6.07) is 5.38. The molecule has 0 atom stereocenters. The smallest absolute Gasteiger partial charge is 0.342 e. The average Bonchev–Trinajstić information content (AvgIpc) is 2.73. The van der Waals surface area contributed by atoms with E-state index in [2.05, 4.69) is 4.98 Å². The number of nitriles is 1. The Labute approximate surface area is 122 Å². The summed E-state index contributed by atoms with van der Waals surface area (Å²) in [5.74, 6) is 0. The molecule has 0 radical (unpaired) electrons. The van der Waals surface area contributed by atoms with Crippen molar-refractivity contribution in [2.75, 3.05) is 0 Å². The third-order valence-corrected chi connectivity index (χ3v) is 3.70. The van der Waals surface area contributed by atoms with Crippen LogP contribution in [0.25, 0.3) is 21.8 Å². The molecule has 0 saturated carbocycles. The third-order valence-electron chi connectivity index (χ3n) is 3.42.